The van der Waals surface area contributed by atoms with Gasteiger partial charge >= 0.3 is 0 Å². The van der Waals surface area contributed by atoms with E-state index in [0.717, 1.165) is 18.5 Å². The summed E-state index contributed by atoms with van der Waals surface area (Å²) in [6.45, 7) is 1.49. The number of nitrogens with zero attached hydrogens (tertiary/aromatic N) is 1. The highest BCUT2D eigenvalue weighted by molar-refractivity contribution is 7.91. The van der Waals surface area contributed by atoms with Gasteiger partial charge < -0.3 is 0 Å². The number of rotatable bonds is 6. The third-order valence-corrected chi connectivity index (χ3v) is 7.53. The second-order valence-corrected chi connectivity index (χ2v) is 9.93. The van der Waals surface area contributed by atoms with E-state index >= 15 is 0 Å². The van der Waals surface area contributed by atoms with Gasteiger partial charge in [-0.05, 0) is 54.8 Å². The lowest BCUT2D eigenvalue weighted by Gasteiger charge is -2.29. The number of likely N-dealkylation sites (tertiary alicyclic amines) is 1. The van der Waals surface area contributed by atoms with Crippen molar-refractivity contribution < 1.29 is 17.2 Å². The van der Waals surface area contributed by atoms with E-state index in [1.807, 2.05) is 11.0 Å². The van der Waals surface area contributed by atoms with Crippen molar-refractivity contribution in [1.29, 1.82) is 0 Å². The van der Waals surface area contributed by atoms with Crippen molar-refractivity contribution in [2.75, 3.05) is 13.1 Å². The molecule has 6 heteroatoms. The molecule has 1 saturated heterocycles. The number of halogens is 2. The number of hydrogen-bond donors (Lipinski definition) is 0. The zero-order valence-corrected chi connectivity index (χ0v) is 18.4. The Kier molecular flexibility index (Phi) is 6.82. The van der Waals surface area contributed by atoms with Gasteiger partial charge in [0, 0.05) is 18.7 Å². The van der Waals surface area contributed by atoms with E-state index < -0.39 is 16.0 Å². The van der Waals surface area contributed by atoms with Gasteiger partial charge in [-0.2, -0.15) is 0 Å². The lowest BCUT2D eigenvalue weighted by molar-refractivity contribution is 0.132. The van der Waals surface area contributed by atoms with Gasteiger partial charge in [-0.15, -0.1) is 0 Å². The zero-order valence-electron chi connectivity index (χ0n) is 17.6. The summed E-state index contributed by atoms with van der Waals surface area (Å²) in [5.41, 5.74) is 1.90. The molecule has 4 rings (SSSR count). The molecule has 1 atom stereocenters. The third-order valence-electron chi connectivity index (χ3n) is 5.66. The van der Waals surface area contributed by atoms with Crippen molar-refractivity contribution in [1.82, 2.24) is 4.90 Å². The van der Waals surface area contributed by atoms with Crippen LogP contribution in [0.4, 0.5) is 8.78 Å². The van der Waals surface area contributed by atoms with Crippen LogP contribution in [0.15, 0.2) is 82.6 Å². The van der Waals surface area contributed by atoms with Crippen molar-refractivity contribution in [2.45, 2.75) is 35.3 Å². The molecule has 0 aromatic heterocycles. The topological polar surface area (TPSA) is 37.4 Å². The predicted molar refractivity (Wildman–Crippen MR) is 123 cm³/mol. The van der Waals surface area contributed by atoms with Crippen molar-refractivity contribution in [2.24, 2.45) is 0 Å². The van der Waals surface area contributed by atoms with E-state index in [0.29, 0.717) is 30.6 Å². The Balaban J connectivity index is 1.55. The molecular formula is C26H25F2NO2S. The first-order valence-electron chi connectivity index (χ1n) is 10.7. The smallest absolute Gasteiger partial charge is 0.206 e. The van der Waals surface area contributed by atoms with Gasteiger partial charge in [-0.25, -0.2) is 17.2 Å². The second-order valence-electron chi connectivity index (χ2n) is 8.01. The molecule has 1 heterocycles. The number of hydrogen-bond acceptors (Lipinski definition) is 3. The quantitative estimate of drug-likeness (QED) is 0.445. The van der Waals surface area contributed by atoms with Crippen molar-refractivity contribution in [3.8, 4) is 0 Å². The van der Waals surface area contributed by atoms with Crippen LogP contribution < -0.4 is 0 Å². The maximum absolute atomic E-state index is 13.8. The highest BCUT2D eigenvalue weighted by atomic mass is 32.2. The highest BCUT2D eigenvalue weighted by Crippen LogP contribution is 2.27. The Labute approximate surface area is 187 Å². The first-order chi connectivity index (χ1) is 15.4. The molecule has 32 heavy (non-hydrogen) atoms. The van der Waals surface area contributed by atoms with Gasteiger partial charge in [0.1, 0.15) is 12.0 Å². The van der Waals surface area contributed by atoms with Crippen LogP contribution in [0.25, 0.3) is 12.2 Å². The summed E-state index contributed by atoms with van der Waals surface area (Å²) in [5.74, 6) is -0.313. The fraction of sp³-hybridized carbons (Fsp3) is 0.231. The maximum atomic E-state index is 13.8. The van der Waals surface area contributed by atoms with Gasteiger partial charge in [0.15, 0.2) is 0 Å². The van der Waals surface area contributed by atoms with Crippen LogP contribution in [0.1, 0.15) is 29.5 Å². The third kappa shape index (κ3) is 5.14. The van der Waals surface area contributed by atoms with Crippen molar-refractivity contribution >= 4 is 22.0 Å². The number of sulfone groups is 1. The van der Waals surface area contributed by atoms with Crippen LogP contribution >= 0.6 is 0 Å². The molecule has 1 aliphatic heterocycles. The van der Waals surface area contributed by atoms with E-state index in [1.165, 1.54) is 6.07 Å². The van der Waals surface area contributed by atoms with Gasteiger partial charge in [-0.1, -0.05) is 60.7 Å². The summed E-state index contributed by atoms with van der Waals surface area (Å²) in [4.78, 5) is 2.41. The van der Waals surface area contributed by atoms with Crippen LogP contribution in [0.5, 0.6) is 0 Å². The van der Waals surface area contributed by atoms with E-state index in [-0.39, 0.29) is 15.6 Å². The molecular weight excluding hydrogens is 428 g/mol. The van der Waals surface area contributed by atoms with Crippen LogP contribution in [0.2, 0.25) is 0 Å². The summed E-state index contributed by atoms with van der Waals surface area (Å²) in [6.07, 6.45) is 3.88. The average molecular weight is 454 g/mol. The molecule has 0 aliphatic carbocycles. The fourth-order valence-electron chi connectivity index (χ4n) is 3.96. The van der Waals surface area contributed by atoms with E-state index in [9.17, 15) is 17.2 Å². The van der Waals surface area contributed by atoms with Crippen LogP contribution in [0.3, 0.4) is 0 Å². The van der Waals surface area contributed by atoms with E-state index in [2.05, 4.69) is 0 Å². The molecule has 166 valence electrons. The molecule has 0 bridgehead atoms. The van der Waals surface area contributed by atoms with Crippen LogP contribution in [0, 0.1) is 5.82 Å². The van der Waals surface area contributed by atoms with Gasteiger partial charge in [0.05, 0.1) is 9.79 Å². The predicted octanol–water partition coefficient (Wildman–Crippen LogP) is 5.76. The SMILES string of the molecule is O=S(=O)(c1ccc(C=Cc2ccccc2F)cc1)c1ccccc1CN1CCCC(F)C1. The number of piperidine rings is 1. The number of benzene rings is 3. The molecule has 3 aromatic carbocycles. The second kappa shape index (κ2) is 9.76. The Bertz CT molecular complexity index is 1210. The molecule has 0 spiro atoms. The normalized spacial score (nSPS) is 17.6. The zero-order chi connectivity index (χ0) is 22.6. The van der Waals surface area contributed by atoms with Crippen LogP contribution in [-0.4, -0.2) is 32.6 Å². The first-order valence-corrected chi connectivity index (χ1v) is 12.1. The summed E-state index contributed by atoms with van der Waals surface area (Å²) in [5, 5.41) is 0. The molecule has 1 unspecified atom stereocenters. The molecule has 0 amide bonds. The largest absolute Gasteiger partial charge is 0.296 e. The van der Waals surface area contributed by atoms with Gasteiger partial charge in [-0.3, -0.25) is 4.90 Å². The van der Waals surface area contributed by atoms with Crippen LogP contribution in [-0.2, 0) is 16.4 Å². The first kappa shape index (κ1) is 22.4. The molecule has 3 nitrogen and oxygen atoms in total. The molecule has 3 aromatic rings. The Morgan fingerprint density at radius 1 is 0.938 bits per heavy atom. The number of alkyl halides is 1. The molecule has 0 radical (unpaired) electrons. The van der Waals surface area contributed by atoms with Crippen molar-refractivity contribution in [3.63, 3.8) is 0 Å². The summed E-state index contributed by atoms with van der Waals surface area (Å²) >= 11 is 0. The Hall–Kier alpha value is -2.83. The minimum Gasteiger partial charge on any atom is -0.296 e. The van der Waals surface area contributed by atoms with E-state index in [1.54, 1.807) is 72.8 Å². The molecule has 1 fully saturated rings. The molecule has 0 saturated carbocycles. The lowest BCUT2D eigenvalue weighted by atomic mass is 10.1. The van der Waals surface area contributed by atoms with E-state index in [4.69, 9.17) is 0 Å². The monoisotopic (exact) mass is 453 g/mol. The standard InChI is InChI=1S/C26H25F2NO2S/c27-23-8-5-17-29(19-23)18-22-7-2-4-10-26(22)32(30,31)24-15-12-20(13-16-24)11-14-21-6-1-3-9-25(21)28/h1-4,6-7,9-16,23H,5,8,17-19H2. The summed E-state index contributed by atoms with van der Waals surface area (Å²) in [6, 6.07) is 19.9. The fourth-order valence-corrected chi connectivity index (χ4v) is 5.45. The highest BCUT2D eigenvalue weighted by Gasteiger charge is 2.24. The maximum Gasteiger partial charge on any atom is 0.206 e. The van der Waals surface area contributed by atoms with Gasteiger partial charge in [0.2, 0.25) is 9.84 Å². The Morgan fingerprint density at radius 2 is 1.66 bits per heavy atom. The summed E-state index contributed by atoms with van der Waals surface area (Å²) < 4.78 is 54.2. The average Bonchev–Trinajstić information content (AvgIpc) is 2.79. The molecule has 0 N–H and O–H groups in total. The van der Waals surface area contributed by atoms with Gasteiger partial charge in [0.25, 0.3) is 0 Å². The molecule has 1 aliphatic rings. The van der Waals surface area contributed by atoms with Crippen molar-refractivity contribution in [3.05, 3.63) is 95.3 Å². The Morgan fingerprint density at radius 3 is 2.41 bits per heavy atom. The minimum absolute atomic E-state index is 0.190. The lowest BCUT2D eigenvalue weighted by Crippen LogP contribution is -2.36. The summed E-state index contributed by atoms with van der Waals surface area (Å²) in [7, 11) is -3.73. The minimum atomic E-state index is -3.73.